The van der Waals surface area contributed by atoms with Crippen molar-refractivity contribution in [1.82, 2.24) is 14.7 Å². The molecule has 0 aliphatic carbocycles. The third-order valence-electron chi connectivity index (χ3n) is 2.05. The van der Waals surface area contributed by atoms with E-state index < -0.39 is 16.1 Å². The first-order valence-electron chi connectivity index (χ1n) is 4.74. The van der Waals surface area contributed by atoms with E-state index in [0.29, 0.717) is 12.2 Å². The summed E-state index contributed by atoms with van der Waals surface area (Å²) in [5, 5.41) is 7.20. The molecule has 0 aromatic carbocycles. The standard InChI is InChI=1S/C8H15N5O2S/c1-3-6(8(9)10)13-16(14,15)7-4-11-5(2)12-7/h4,6,13H,3H2,1-2H3,(H3,9,10)(H,11,12). The Kier molecular flexibility index (Phi) is 3.66. The zero-order valence-corrected chi connectivity index (χ0v) is 9.93. The van der Waals surface area contributed by atoms with Gasteiger partial charge in [0.05, 0.1) is 12.2 Å². The Labute approximate surface area is 94.0 Å². The lowest BCUT2D eigenvalue weighted by molar-refractivity contribution is 0.568. The van der Waals surface area contributed by atoms with Gasteiger partial charge in [-0.3, -0.25) is 5.41 Å². The van der Waals surface area contributed by atoms with Gasteiger partial charge in [-0.25, -0.2) is 13.4 Å². The van der Waals surface area contributed by atoms with Crippen LogP contribution in [0.2, 0.25) is 0 Å². The molecule has 1 atom stereocenters. The maximum Gasteiger partial charge on any atom is 0.258 e. The van der Waals surface area contributed by atoms with Gasteiger partial charge in [0.15, 0.2) is 5.03 Å². The molecule has 1 aromatic rings. The highest BCUT2D eigenvalue weighted by Gasteiger charge is 2.22. The van der Waals surface area contributed by atoms with E-state index in [1.807, 2.05) is 0 Å². The lowest BCUT2D eigenvalue weighted by atomic mass is 10.2. The molecular weight excluding hydrogens is 230 g/mol. The molecule has 0 bridgehead atoms. The second-order valence-corrected chi connectivity index (χ2v) is 5.05. The Bertz CT molecular complexity index is 478. The fourth-order valence-corrected chi connectivity index (χ4v) is 2.42. The van der Waals surface area contributed by atoms with Gasteiger partial charge < -0.3 is 10.7 Å². The van der Waals surface area contributed by atoms with Crippen LogP contribution in [-0.4, -0.2) is 30.3 Å². The summed E-state index contributed by atoms with van der Waals surface area (Å²) >= 11 is 0. The molecule has 0 fully saturated rings. The fraction of sp³-hybridized carbons (Fsp3) is 0.500. The highest BCUT2D eigenvalue weighted by atomic mass is 32.2. The molecule has 1 rings (SSSR count). The minimum Gasteiger partial charge on any atom is -0.386 e. The van der Waals surface area contributed by atoms with E-state index in [9.17, 15) is 8.42 Å². The SMILES string of the molecule is CCC(NS(=O)(=O)c1cnc(C)[nH]1)C(=N)N. The molecule has 8 heteroatoms. The minimum atomic E-state index is -3.68. The molecular formula is C8H15N5O2S. The first-order valence-corrected chi connectivity index (χ1v) is 6.23. The third kappa shape index (κ3) is 2.80. The van der Waals surface area contributed by atoms with Crippen molar-refractivity contribution in [1.29, 1.82) is 5.41 Å². The van der Waals surface area contributed by atoms with E-state index in [4.69, 9.17) is 11.1 Å². The van der Waals surface area contributed by atoms with Crippen LogP contribution in [0.4, 0.5) is 0 Å². The minimum absolute atomic E-state index is 0.0234. The molecule has 0 aliphatic heterocycles. The van der Waals surface area contributed by atoms with Gasteiger partial charge in [-0.2, -0.15) is 4.72 Å². The van der Waals surface area contributed by atoms with Crippen molar-refractivity contribution in [2.45, 2.75) is 31.3 Å². The Morgan fingerprint density at radius 2 is 2.38 bits per heavy atom. The van der Waals surface area contributed by atoms with Crippen molar-refractivity contribution in [3.05, 3.63) is 12.0 Å². The van der Waals surface area contributed by atoms with Crippen LogP contribution in [0.15, 0.2) is 11.2 Å². The summed E-state index contributed by atoms with van der Waals surface area (Å²) in [4.78, 5) is 6.41. The molecule has 1 unspecified atom stereocenters. The van der Waals surface area contributed by atoms with Crippen LogP contribution in [-0.2, 0) is 10.0 Å². The van der Waals surface area contributed by atoms with Crippen LogP contribution in [0.5, 0.6) is 0 Å². The molecule has 1 heterocycles. The van der Waals surface area contributed by atoms with E-state index in [2.05, 4.69) is 14.7 Å². The Hall–Kier alpha value is -1.41. The van der Waals surface area contributed by atoms with E-state index in [0.717, 1.165) is 0 Å². The maximum absolute atomic E-state index is 11.8. The summed E-state index contributed by atoms with van der Waals surface area (Å²) in [5.41, 5.74) is 5.27. The Balaban J connectivity index is 2.91. The number of aromatic amines is 1. The summed E-state index contributed by atoms with van der Waals surface area (Å²) in [7, 11) is -3.68. The molecule has 1 aromatic heterocycles. The van der Waals surface area contributed by atoms with Crippen LogP contribution in [0.25, 0.3) is 0 Å². The molecule has 0 spiro atoms. The quantitative estimate of drug-likeness (QED) is 0.420. The smallest absolute Gasteiger partial charge is 0.258 e. The van der Waals surface area contributed by atoms with Gasteiger partial charge in [-0.15, -0.1) is 0 Å². The number of hydrogen-bond donors (Lipinski definition) is 4. The van der Waals surface area contributed by atoms with Crippen LogP contribution >= 0.6 is 0 Å². The lowest BCUT2D eigenvalue weighted by Gasteiger charge is -2.14. The molecule has 0 saturated carbocycles. The van der Waals surface area contributed by atoms with Gasteiger partial charge in [0.1, 0.15) is 11.7 Å². The summed E-state index contributed by atoms with van der Waals surface area (Å²) in [6, 6.07) is -0.686. The number of rotatable bonds is 5. The number of imidazole rings is 1. The number of nitrogens with zero attached hydrogens (tertiary/aromatic N) is 1. The van der Waals surface area contributed by atoms with Crippen molar-refractivity contribution < 1.29 is 8.42 Å². The Morgan fingerprint density at radius 1 is 1.75 bits per heavy atom. The molecule has 0 aliphatic rings. The number of amidine groups is 1. The first kappa shape index (κ1) is 12.7. The van der Waals surface area contributed by atoms with E-state index in [-0.39, 0.29) is 10.9 Å². The van der Waals surface area contributed by atoms with Gasteiger partial charge in [0.2, 0.25) is 0 Å². The number of aryl methyl sites for hydroxylation is 1. The second kappa shape index (κ2) is 4.62. The zero-order valence-electron chi connectivity index (χ0n) is 9.11. The molecule has 7 nitrogen and oxygen atoms in total. The molecule has 0 saturated heterocycles. The number of H-pyrrole nitrogens is 1. The summed E-state index contributed by atoms with van der Waals surface area (Å²) in [6.07, 6.45) is 1.65. The summed E-state index contributed by atoms with van der Waals surface area (Å²) in [6.45, 7) is 3.40. The van der Waals surface area contributed by atoms with Gasteiger partial charge >= 0.3 is 0 Å². The number of sulfonamides is 1. The largest absolute Gasteiger partial charge is 0.386 e. The van der Waals surface area contributed by atoms with E-state index in [1.54, 1.807) is 13.8 Å². The molecule has 16 heavy (non-hydrogen) atoms. The van der Waals surface area contributed by atoms with Crippen LogP contribution in [0.1, 0.15) is 19.2 Å². The number of aromatic nitrogens is 2. The average molecular weight is 245 g/mol. The molecule has 90 valence electrons. The molecule has 5 N–H and O–H groups in total. The van der Waals surface area contributed by atoms with E-state index in [1.165, 1.54) is 6.20 Å². The van der Waals surface area contributed by atoms with Gasteiger partial charge in [0.25, 0.3) is 10.0 Å². The second-order valence-electron chi connectivity index (χ2n) is 3.37. The lowest BCUT2D eigenvalue weighted by Crippen LogP contribution is -2.43. The molecule has 0 amide bonds. The fourth-order valence-electron chi connectivity index (χ4n) is 1.15. The molecule has 0 radical (unpaired) electrons. The van der Waals surface area contributed by atoms with Gasteiger partial charge in [-0.05, 0) is 13.3 Å². The van der Waals surface area contributed by atoms with Gasteiger partial charge in [0, 0.05) is 0 Å². The summed E-state index contributed by atoms with van der Waals surface area (Å²) < 4.78 is 25.9. The first-order chi connectivity index (χ1) is 7.36. The highest BCUT2D eigenvalue weighted by Crippen LogP contribution is 2.06. The Morgan fingerprint density at radius 3 is 2.75 bits per heavy atom. The number of hydrogen-bond acceptors (Lipinski definition) is 4. The third-order valence-corrected chi connectivity index (χ3v) is 3.43. The summed E-state index contributed by atoms with van der Waals surface area (Å²) in [5.74, 6) is 0.304. The normalized spacial score (nSPS) is 13.6. The van der Waals surface area contributed by atoms with Crippen molar-refractivity contribution in [2.75, 3.05) is 0 Å². The predicted octanol–water partition coefficient (Wildman–Crippen LogP) is -0.289. The van der Waals surface area contributed by atoms with Crippen molar-refractivity contribution in [3.8, 4) is 0 Å². The number of nitrogens with one attached hydrogen (secondary N) is 3. The van der Waals surface area contributed by atoms with Crippen LogP contribution < -0.4 is 10.5 Å². The predicted molar refractivity (Wildman–Crippen MR) is 59.6 cm³/mol. The number of nitrogens with two attached hydrogens (primary N) is 1. The van der Waals surface area contributed by atoms with Gasteiger partial charge in [-0.1, -0.05) is 6.92 Å². The monoisotopic (exact) mass is 245 g/mol. The van der Waals surface area contributed by atoms with Crippen molar-refractivity contribution >= 4 is 15.9 Å². The van der Waals surface area contributed by atoms with Crippen LogP contribution in [0.3, 0.4) is 0 Å². The van der Waals surface area contributed by atoms with Crippen molar-refractivity contribution in [2.24, 2.45) is 5.73 Å². The zero-order chi connectivity index (χ0) is 12.3. The van der Waals surface area contributed by atoms with E-state index >= 15 is 0 Å². The topological polar surface area (TPSA) is 125 Å². The van der Waals surface area contributed by atoms with Crippen molar-refractivity contribution in [3.63, 3.8) is 0 Å². The average Bonchev–Trinajstić information content (AvgIpc) is 2.61. The highest BCUT2D eigenvalue weighted by molar-refractivity contribution is 7.89. The maximum atomic E-state index is 11.8. The van der Waals surface area contributed by atoms with Crippen LogP contribution in [0, 0.1) is 12.3 Å².